The van der Waals surface area contributed by atoms with Crippen LogP contribution in [-0.4, -0.2) is 65.4 Å². The van der Waals surface area contributed by atoms with E-state index in [1.807, 2.05) is 12.1 Å². The summed E-state index contributed by atoms with van der Waals surface area (Å²) in [7, 11) is 0. The van der Waals surface area contributed by atoms with Gasteiger partial charge in [0, 0.05) is 6.04 Å². The van der Waals surface area contributed by atoms with Crippen molar-refractivity contribution >= 4 is 23.8 Å². The molecule has 2 aliphatic heterocycles. The van der Waals surface area contributed by atoms with Crippen LogP contribution in [0, 0.1) is 0 Å². The van der Waals surface area contributed by atoms with Crippen LogP contribution in [0.4, 0.5) is 4.79 Å². The highest BCUT2D eigenvalue weighted by atomic mass is 16.6. The molecule has 0 aromatic heterocycles. The minimum Gasteiger partial charge on any atom is -0.486 e. The molecule has 2 heterocycles. The first-order valence-corrected chi connectivity index (χ1v) is 8.22. The number of hydrogen-bond acceptors (Lipinski definition) is 6. The summed E-state index contributed by atoms with van der Waals surface area (Å²) in [6.07, 6.45) is -0.396. The van der Waals surface area contributed by atoms with E-state index in [0.717, 1.165) is 4.90 Å². The van der Waals surface area contributed by atoms with Crippen molar-refractivity contribution < 1.29 is 28.7 Å². The Hall–Kier alpha value is -3.10. The Morgan fingerprint density at radius 2 is 1.88 bits per heavy atom. The smallest absolute Gasteiger partial charge is 0.334 e. The number of rotatable bonds is 5. The van der Waals surface area contributed by atoms with Crippen LogP contribution < -0.4 is 14.8 Å². The van der Waals surface area contributed by atoms with Crippen LogP contribution in [0.2, 0.25) is 0 Å². The lowest BCUT2D eigenvalue weighted by molar-refractivity contribution is -0.144. The summed E-state index contributed by atoms with van der Waals surface area (Å²) in [5.74, 6) is -1.26. The van der Waals surface area contributed by atoms with Crippen LogP contribution in [0.3, 0.4) is 0 Å². The number of para-hydroxylation sites is 2. The number of carbonyl (C=O) groups is 4. The van der Waals surface area contributed by atoms with Crippen molar-refractivity contribution in [2.75, 3.05) is 19.7 Å². The van der Waals surface area contributed by atoms with Crippen molar-refractivity contribution in [3.63, 3.8) is 0 Å². The van der Waals surface area contributed by atoms with Gasteiger partial charge < -0.3 is 14.8 Å². The Morgan fingerprint density at radius 1 is 1.19 bits per heavy atom. The molecule has 1 aromatic rings. The number of urea groups is 1. The normalized spacial score (nSPS) is 19.3. The molecule has 1 N–H and O–H groups in total. The Kier molecular flexibility index (Phi) is 4.79. The molecular weight excluding hydrogens is 342 g/mol. The zero-order valence-corrected chi connectivity index (χ0v) is 14.4. The van der Waals surface area contributed by atoms with Crippen LogP contribution in [-0.2, 0) is 14.4 Å². The topological polar surface area (TPSA) is 105 Å². The first-order chi connectivity index (χ1) is 12.4. The molecule has 2 aliphatic rings. The molecule has 1 saturated heterocycles. The van der Waals surface area contributed by atoms with Gasteiger partial charge in [-0.1, -0.05) is 12.1 Å². The zero-order chi connectivity index (χ0) is 18.8. The van der Waals surface area contributed by atoms with Gasteiger partial charge in [0.25, 0.3) is 0 Å². The third-order valence-electron chi connectivity index (χ3n) is 4.00. The summed E-state index contributed by atoms with van der Waals surface area (Å²) in [6, 6.07) is 5.95. The third-order valence-corrected chi connectivity index (χ3v) is 4.00. The SMILES string of the molecule is CC(C)N1C(=O)C(=O)N(CC(=O)NC[C@@H]2COc3ccccc3O2)C1=O. The second kappa shape index (κ2) is 7.03. The second-order valence-electron chi connectivity index (χ2n) is 6.24. The summed E-state index contributed by atoms with van der Waals surface area (Å²) in [5.41, 5.74) is 0. The second-order valence-corrected chi connectivity index (χ2v) is 6.24. The lowest BCUT2D eigenvalue weighted by Gasteiger charge is -2.26. The predicted octanol–water partition coefficient (Wildman–Crippen LogP) is 0.142. The van der Waals surface area contributed by atoms with Crippen LogP contribution in [0.1, 0.15) is 13.8 Å². The van der Waals surface area contributed by atoms with Gasteiger partial charge in [0.05, 0.1) is 6.54 Å². The van der Waals surface area contributed by atoms with Gasteiger partial charge in [-0.05, 0) is 26.0 Å². The van der Waals surface area contributed by atoms with Crippen molar-refractivity contribution in [3.05, 3.63) is 24.3 Å². The summed E-state index contributed by atoms with van der Waals surface area (Å²) >= 11 is 0. The van der Waals surface area contributed by atoms with Gasteiger partial charge in [-0.25, -0.2) is 9.69 Å². The standard InChI is InChI=1S/C17H19N3O6/c1-10(2)20-16(23)15(22)19(17(20)24)8-14(21)18-7-11-9-25-12-5-3-4-6-13(12)26-11/h3-6,10-11H,7-9H2,1-2H3,(H,18,21)/t11-/m1/s1. The fraction of sp³-hybridized carbons (Fsp3) is 0.412. The molecule has 1 fully saturated rings. The molecule has 0 bridgehead atoms. The first-order valence-electron chi connectivity index (χ1n) is 8.22. The minimum absolute atomic E-state index is 0.144. The van der Waals surface area contributed by atoms with Crippen molar-refractivity contribution in [2.45, 2.75) is 26.0 Å². The maximum absolute atomic E-state index is 12.1. The van der Waals surface area contributed by atoms with Crippen LogP contribution in [0.5, 0.6) is 11.5 Å². The Labute approximate surface area is 149 Å². The molecule has 138 valence electrons. The zero-order valence-electron chi connectivity index (χ0n) is 14.4. The average Bonchev–Trinajstić information content (AvgIpc) is 2.83. The number of ether oxygens (including phenoxy) is 2. The van der Waals surface area contributed by atoms with Gasteiger partial charge in [0.2, 0.25) is 5.91 Å². The van der Waals surface area contributed by atoms with Crippen molar-refractivity contribution in [1.82, 2.24) is 15.1 Å². The molecule has 0 radical (unpaired) electrons. The summed E-state index contributed by atoms with van der Waals surface area (Å²) in [6.45, 7) is 3.12. The van der Waals surface area contributed by atoms with E-state index in [-0.39, 0.29) is 13.2 Å². The average molecular weight is 361 g/mol. The molecule has 3 rings (SSSR count). The van der Waals surface area contributed by atoms with E-state index < -0.39 is 42.4 Å². The summed E-state index contributed by atoms with van der Waals surface area (Å²) in [4.78, 5) is 49.4. The number of carbonyl (C=O) groups excluding carboxylic acids is 4. The maximum atomic E-state index is 12.1. The predicted molar refractivity (Wildman–Crippen MR) is 88.5 cm³/mol. The third kappa shape index (κ3) is 3.32. The van der Waals surface area contributed by atoms with Gasteiger partial charge in [0.1, 0.15) is 19.3 Å². The molecule has 0 aliphatic carbocycles. The molecule has 9 heteroatoms. The molecule has 5 amide bonds. The van der Waals surface area contributed by atoms with Gasteiger partial charge >= 0.3 is 17.8 Å². The first kappa shape index (κ1) is 17.7. The van der Waals surface area contributed by atoms with E-state index in [9.17, 15) is 19.2 Å². The number of nitrogens with one attached hydrogen (secondary N) is 1. The quantitative estimate of drug-likeness (QED) is 0.591. The van der Waals surface area contributed by atoms with Gasteiger partial charge in [0.15, 0.2) is 11.5 Å². The van der Waals surface area contributed by atoms with E-state index in [2.05, 4.69) is 5.32 Å². The van der Waals surface area contributed by atoms with E-state index in [0.29, 0.717) is 16.4 Å². The van der Waals surface area contributed by atoms with E-state index >= 15 is 0 Å². The number of benzene rings is 1. The molecule has 0 saturated carbocycles. The minimum atomic E-state index is -0.995. The number of fused-ring (bicyclic) bond motifs is 1. The van der Waals surface area contributed by atoms with Crippen molar-refractivity contribution in [2.24, 2.45) is 0 Å². The van der Waals surface area contributed by atoms with Gasteiger partial charge in [-0.2, -0.15) is 0 Å². The van der Waals surface area contributed by atoms with Crippen LogP contribution in [0.25, 0.3) is 0 Å². The van der Waals surface area contributed by atoms with Crippen molar-refractivity contribution in [1.29, 1.82) is 0 Å². The summed E-state index contributed by atoms with van der Waals surface area (Å²) < 4.78 is 11.3. The largest absolute Gasteiger partial charge is 0.486 e. The van der Waals surface area contributed by atoms with Crippen LogP contribution >= 0.6 is 0 Å². The Morgan fingerprint density at radius 3 is 2.54 bits per heavy atom. The molecule has 9 nitrogen and oxygen atoms in total. The van der Waals surface area contributed by atoms with Gasteiger partial charge in [-0.3, -0.25) is 19.3 Å². The highest BCUT2D eigenvalue weighted by Crippen LogP contribution is 2.30. The molecule has 1 aromatic carbocycles. The van der Waals surface area contributed by atoms with Crippen molar-refractivity contribution in [3.8, 4) is 11.5 Å². The highest BCUT2D eigenvalue weighted by Gasteiger charge is 2.46. The number of imide groups is 2. The fourth-order valence-electron chi connectivity index (χ4n) is 2.71. The highest BCUT2D eigenvalue weighted by molar-refractivity contribution is 6.45. The lowest BCUT2D eigenvalue weighted by Crippen LogP contribution is -2.46. The molecule has 0 spiro atoms. The van der Waals surface area contributed by atoms with E-state index in [4.69, 9.17) is 9.47 Å². The summed E-state index contributed by atoms with van der Waals surface area (Å²) in [5, 5.41) is 2.59. The number of amides is 5. The van der Waals surface area contributed by atoms with E-state index in [1.54, 1.807) is 26.0 Å². The number of nitrogens with zero attached hydrogens (tertiary/aromatic N) is 2. The molecule has 1 atom stereocenters. The van der Waals surface area contributed by atoms with E-state index in [1.165, 1.54) is 0 Å². The molecular formula is C17H19N3O6. The Bertz CT molecular complexity index is 763. The maximum Gasteiger partial charge on any atom is 0.334 e. The lowest BCUT2D eigenvalue weighted by atomic mass is 10.2. The van der Waals surface area contributed by atoms with Gasteiger partial charge in [-0.15, -0.1) is 0 Å². The fourth-order valence-corrected chi connectivity index (χ4v) is 2.71. The molecule has 26 heavy (non-hydrogen) atoms. The number of hydrogen-bond donors (Lipinski definition) is 1. The monoisotopic (exact) mass is 361 g/mol. The van der Waals surface area contributed by atoms with Crippen LogP contribution in [0.15, 0.2) is 24.3 Å². The molecule has 0 unspecified atom stereocenters. The Balaban J connectivity index is 1.53.